The highest BCUT2D eigenvalue weighted by Gasteiger charge is 2.20. The number of aliphatic hydroxyl groups excluding tert-OH is 1. The topological polar surface area (TPSA) is 61.8 Å². The van der Waals surface area contributed by atoms with Gasteiger partial charge in [0, 0.05) is 17.3 Å². The third kappa shape index (κ3) is 3.60. The summed E-state index contributed by atoms with van der Waals surface area (Å²) in [6, 6.07) is 6.62. The van der Waals surface area contributed by atoms with Crippen LogP contribution in [0, 0.1) is 0 Å². The van der Waals surface area contributed by atoms with Gasteiger partial charge in [-0.05, 0) is 24.3 Å². The first-order valence-electron chi connectivity index (χ1n) is 5.72. The molecule has 1 aromatic carbocycles. The number of halogens is 1. The molecule has 2 amide bonds. The molecule has 1 atom stereocenters. The fourth-order valence-electron chi connectivity index (χ4n) is 1.71. The van der Waals surface area contributed by atoms with E-state index in [0.29, 0.717) is 23.9 Å². The Kier molecular flexibility index (Phi) is 4.41. The number of amides is 2. The summed E-state index contributed by atoms with van der Waals surface area (Å²) in [7, 11) is 0. The van der Waals surface area contributed by atoms with E-state index >= 15 is 0 Å². The molecule has 0 spiro atoms. The van der Waals surface area contributed by atoms with Crippen molar-refractivity contribution in [2.24, 2.45) is 0 Å². The van der Waals surface area contributed by atoms with Gasteiger partial charge in [-0.3, -0.25) is 0 Å². The molecule has 0 unspecified atom stereocenters. The van der Waals surface area contributed by atoms with Crippen molar-refractivity contribution in [3.8, 4) is 0 Å². The van der Waals surface area contributed by atoms with Gasteiger partial charge in [-0.1, -0.05) is 11.6 Å². The summed E-state index contributed by atoms with van der Waals surface area (Å²) in [6.07, 6.45) is -0.636. The van der Waals surface area contributed by atoms with Crippen molar-refractivity contribution < 1.29 is 14.6 Å². The van der Waals surface area contributed by atoms with Crippen LogP contribution in [0.5, 0.6) is 0 Å². The Bertz CT molecular complexity index is 410. The maximum Gasteiger partial charge on any atom is 0.322 e. The lowest BCUT2D eigenvalue weighted by molar-refractivity contribution is 0.0575. The van der Waals surface area contributed by atoms with E-state index in [1.54, 1.807) is 24.3 Å². The van der Waals surface area contributed by atoms with Gasteiger partial charge in [0.2, 0.25) is 0 Å². The number of anilines is 1. The number of aliphatic hydroxyl groups is 1. The van der Waals surface area contributed by atoms with E-state index in [9.17, 15) is 9.90 Å². The highest BCUT2D eigenvalue weighted by atomic mass is 35.5. The van der Waals surface area contributed by atoms with Crippen molar-refractivity contribution in [1.29, 1.82) is 0 Å². The number of hydrogen-bond acceptors (Lipinski definition) is 3. The quantitative estimate of drug-likeness (QED) is 0.814. The molecule has 1 aliphatic heterocycles. The minimum absolute atomic E-state index is 0.248. The van der Waals surface area contributed by atoms with Crippen LogP contribution in [0.1, 0.15) is 0 Å². The van der Waals surface area contributed by atoms with Gasteiger partial charge in [0.05, 0.1) is 25.9 Å². The Hall–Kier alpha value is -1.30. The van der Waals surface area contributed by atoms with Crippen molar-refractivity contribution in [2.75, 3.05) is 31.6 Å². The van der Waals surface area contributed by atoms with Gasteiger partial charge in [-0.15, -0.1) is 0 Å². The number of hydrogen-bond donors (Lipinski definition) is 2. The van der Waals surface area contributed by atoms with E-state index < -0.39 is 6.10 Å². The van der Waals surface area contributed by atoms with Crippen LogP contribution in [0.3, 0.4) is 0 Å². The average molecular weight is 271 g/mol. The summed E-state index contributed by atoms with van der Waals surface area (Å²) in [5, 5.41) is 12.9. The molecular formula is C12H15ClN2O3. The Labute approximate surface area is 110 Å². The van der Waals surface area contributed by atoms with Gasteiger partial charge in [-0.2, -0.15) is 0 Å². The first-order chi connectivity index (χ1) is 8.65. The van der Waals surface area contributed by atoms with Gasteiger partial charge in [0.15, 0.2) is 0 Å². The molecular weight excluding hydrogens is 256 g/mol. The summed E-state index contributed by atoms with van der Waals surface area (Å²) in [6.45, 7) is 1.45. The van der Waals surface area contributed by atoms with E-state index in [2.05, 4.69) is 5.32 Å². The molecule has 1 aliphatic rings. The lowest BCUT2D eigenvalue weighted by atomic mass is 10.3. The third-order valence-electron chi connectivity index (χ3n) is 2.63. The van der Waals surface area contributed by atoms with Gasteiger partial charge < -0.3 is 20.1 Å². The Morgan fingerprint density at radius 1 is 1.44 bits per heavy atom. The smallest absolute Gasteiger partial charge is 0.322 e. The minimum atomic E-state index is -0.636. The molecule has 2 rings (SSSR count). The van der Waals surface area contributed by atoms with E-state index in [0.717, 1.165) is 0 Å². The number of urea groups is 1. The summed E-state index contributed by atoms with van der Waals surface area (Å²) in [5.74, 6) is 0. The molecule has 1 aromatic rings. The van der Waals surface area contributed by atoms with Crippen molar-refractivity contribution in [3.05, 3.63) is 29.3 Å². The molecule has 0 saturated carbocycles. The zero-order valence-electron chi connectivity index (χ0n) is 9.80. The van der Waals surface area contributed by atoms with E-state index in [4.69, 9.17) is 16.3 Å². The van der Waals surface area contributed by atoms with Gasteiger partial charge in [-0.25, -0.2) is 4.79 Å². The zero-order valence-corrected chi connectivity index (χ0v) is 10.6. The lowest BCUT2D eigenvalue weighted by Crippen LogP contribution is -2.40. The Morgan fingerprint density at radius 3 is 2.89 bits per heavy atom. The van der Waals surface area contributed by atoms with Crippen molar-refractivity contribution in [1.82, 2.24) is 4.90 Å². The Morgan fingerprint density at radius 2 is 2.17 bits per heavy atom. The molecule has 18 heavy (non-hydrogen) atoms. The first kappa shape index (κ1) is 13.1. The number of β-amino-alcohol motifs (C(OH)–C–C–N with tert-alkyl or cyclic N) is 1. The number of rotatable bonds is 1. The lowest BCUT2D eigenvalue weighted by Gasteiger charge is -2.21. The third-order valence-corrected chi connectivity index (χ3v) is 2.88. The van der Waals surface area contributed by atoms with Crippen molar-refractivity contribution in [3.63, 3.8) is 0 Å². The molecule has 0 aliphatic carbocycles. The molecule has 1 fully saturated rings. The second kappa shape index (κ2) is 6.04. The highest BCUT2D eigenvalue weighted by Crippen LogP contribution is 2.14. The fraction of sp³-hybridized carbons (Fsp3) is 0.417. The number of nitrogens with one attached hydrogen (secondary N) is 1. The monoisotopic (exact) mass is 270 g/mol. The molecule has 1 saturated heterocycles. The number of benzene rings is 1. The molecule has 0 radical (unpaired) electrons. The van der Waals surface area contributed by atoms with Crippen LogP contribution in [-0.4, -0.2) is 48.4 Å². The summed E-state index contributed by atoms with van der Waals surface area (Å²) >= 11 is 5.76. The molecule has 98 valence electrons. The van der Waals surface area contributed by atoms with Crippen LogP contribution in [-0.2, 0) is 4.74 Å². The minimum Gasteiger partial charge on any atom is -0.389 e. The van der Waals surface area contributed by atoms with Crippen LogP contribution in [0.4, 0.5) is 10.5 Å². The highest BCUT2D eigenvalue weighted by molar-refractivity contribution is 6.30. The second-order valence-electron chi connectivity index (χ2n) is 4.11. The number of ether oxygens (including phenoxy) is 1. The van der Waals surface area contributed by atoms with Crippen molar-refractivity contribution in [2.45, 2.75) is 6.10 Å². The molecule has 2 N–H and O–H groups in total. The standard InChI is InChI=1S/C12H15ClN2O3/c13-9-1-3-10(4-2-9)14-12(17)15-5-6-18-8-11(16)7-15/h1-4,11,16H,5-8H2,(H,14,17)/t11-/m0/s1. The first-order valence-corrected chi connectivity index (χ1v) is 6.10. The maximum absolute atomic E-state index is 12.0. The molecule has 5 nitrogen and oxygen atoms in total. The Balaban J connectivity index is 1.96. The van der Waals surface area contributed by atoms with Crippen LogP contribution in [0.25, 0.3) is 0 Å². The van der Waals surface area contributed by atoms with Crippen LogP contribution in [0.2, 0.25) is 5.02 Å². The molecule has 1 heterocycles. The summed E-state index contributed by atoms with van der Waals surface area (Å²) < 4.78 is 5.16. The van der Waals surface area contributed by atoms with E-state index in [1.807, 2.05) is 0 Å². The van der Waals surface area contributed by atoms with Crippen LogP contribution in [0.15, 0.2) is 24.3 Å². The van der Waals surface area contributed by atoms with Crippen molar-refractivity contribution >= 4 is 23.3 Å². The molecule has 0 bridgehead atoms. The van der Waals surface area contributed by atoms with Crippen LogP contribution >= 0.6 is 11.6 Å². The predicted octanol–water partition coefficient (Wildman–Crippen LogP) is 1.56. The number of carbonyl (C=O) groups is 1. The predicted molar refractivity (Wildman–Crippen MR) is 68.9 cm³/mol. The summed E-state index contributed by atoms with van der Waals surface area (Å²) in [5.41, 5.74) is 0.670. The van der Waals surface area contributed by atoms with E-state index in [1.165, 1.54) is 4.90 Å². The summed E-state index contributed by atoms with van der Waals surface area (Å²) in [4.78, 5) is 13.5. The SMILES string of the molecule is O=C(Nc1ccc(Cl)cc1)N1CCOC[C@@H](O)C1. The van der Waals surface area contributed by atoms with Gasteiger partial charge in [0.1, 0.15) is 0 Å². The van der Waals surface area contributed by atoms with Gasteiger partial charge >= 0.3 is 6.03 Å². The largest absolute Gasteiger partial charge is 0.389 e. The maximum atomic E-state index is 12.0. The normalized spacial score (nSPS) is 20.3. The van der Waals surface area contributed by atoms with E-state index in [-0.39, 0.29) is 19.2 Å². The van der Waals surface area contributed by atoms with Crippen LogP contribution < -0.4 is 5.32 Å². The van der Waals surface area contributed by atoms with Gasteiger partial charge in [0.25, 0.3) is 0 Å². The molecule has 6 heteroatoms. The zero-order chi connectivity index (χ0) is 13.0. The number of nitrogens with zero attached hydrogens (tertiary/aromatic N) is 1. The average Bonchev–Trinajstić information content (AvgIpc) is 2.57. The number of carbonyl (C=O) groups excluding carboxylic acids is 1. The fourth-order valence-corrected chi connectivity index (χ4v) is 1.84. The molecule has 0 aromatic heterocycles. The second-order valence-corrected chi connectivity index (χ2v) is 4.55.